The third-order valence-corrected chi connectivity index (χ3v) is 1.36. The third kappa shape index (κ3) is 1.84. The highest BCUT2D eigenvalue weighted by molar-refractivity contribution is 5.21. The van der Waals surface area contributed by atoms with E-state index < -0.39 is 0 Å². The molecule has 3 nitrogen and oxygen atoms in total. The van der Waals surface area contributed by atoms with Gasteiger partial charge in [0.1, 0.15) is 0 Å². The summed E-state index contributed by atoms with van der Waals surface area (Å²) in [5.41, 5.74) is 1.82. The van der Waals surface area contributed by atoms with Gasteiger partial charge < -0.3 is 4.98 Å². The van der Waals surface area contributed by atoms with Crippen LogP contribution >= 0.6 is 0 Å². The Balaban J connectivity index is 2.69. The second-order valence-electron chi connectivity index (χ2n) is 2.20. The van der Waals surface area contributed by atoms with Crippen LogP contribution < -0.4 is 0 Å². The Morgan fingerprint density at radius 3 is 2.64 bits per heavy atom. The molecule has 0 aromatic carbocycles. The lowest BCUT2D eigenvalue weighted by molar-refractivity contribution is 1.16. The van der Waals surface area contributed by atoms with E-state index >= 15 is 0 Å². The van der Waals surface area contributed by atoms with Crippen LogP contribution in [0.4, 0.5) is 0 Å². The van der Waals surface area contributed by atoms with Crippen molar-refractivity contribution in [2.75, 3.05) is 0 Å². The maximum absolute atomic E-state index is 8.33. The molecular formula is C8H7N3. The van der Waals surface area contributed by atoms with Gasteiger partial charge >= 0.3 is 0 Å². The molecule has 1 aromatic rings. The van der Waals surface area contributed by atoms with Crippen LogP contribution in [-0.2, 0) is 12.8 Å². The van der Waals surface area contributed by atoms with Crippen LogP contribution in [-0.4, -0.2) is 4.98 Å². The van der Waals surface area contributed by atoms with Crippen LogP contribution in [0.1, 0.15) is 11.3 Å². The minimum atomic E-state index is 0.380. The number of nitrogens with one attached hydrogen (secondary N) is 1. The number of nitrogens with zero attached hydrogens (tertiary/aromatic N) is 2. The van der Waals surface area contributed by atoms with Crippen LogP contribution in [0.15, 0.2) is 12.3 Å². The Morgan fingerprint density at radius 1 is 1.27 bits per heavy atom. The van der Waals surface area contributed by atoms with Crippen LogP contribution in [0.5, 0.6) is 0 Å². The summed E-state index contributed by atoms with van der Waals surface area (Å²) in [6.45, 7) is 0. The van der Waals surface area contributed by atoms with Gasteiger partial charge in [0.25, 0.3) is 0 Å². The second-order valence-corrected chi connectivity index (χ2v) is 2.20. The molecule has 0 aliphatic carbocycles. The number of nitriles is 2. The van der Waals surface area contributed by atoms with Gasteiger partial charge in [-0.25, -0.2) is 0 Å². The molecule has 0 amide bonds. The fourth-order valence-corrected chi connectivity index (χ4v) is 0.873. The van der Waals surface area contributed by atoms with E-state index in [1.807, 2.05) is 18.2 Å². The van der Waals surface area contributed by atoms with Crippen molar-refractivity contribution in [1.29, 1.82) is 10.5 Å². The number of hydrogen-bond acceptors (Lipinski definition) is 2. The van der Waals surface area contributed by atoms with E-state index in [-0.39, 0.29) is 0 Å². The van der Waals surface area contributed by atoms with Gasteiger partial charge in [-0.05, 0) is 11.6 Å². The van der Waals surface area contributed by atoms with Crippen molar-refractivity contribution in [3.05, 3.63) is 23.5 Å². The van der Waals surface area contributed by atoms with Gasteiger partial charge in [0.15, 0.2) is 0 Å². The van der Waals surface area contributed by atoms with Crippen LogP contribution in [0.2, 0.25) is 0 Å². The van der Waals surface area contributed by atoms with E-state index in [9.17, 15) is 0 Å². The SMILES string of the molecule is N#CCc1c[nH]c(CC#N)c1. The van der Waals surface area contributed by atoms with E-state index in [0.29, 0.717) is 12.8 Å². The largest absolute Gasteiger partial charge is 0.364 e. The third-order valence-electron chi connectivity index (χ3n) is 1.36. The summed E-state index contributed by atoms with van der Waals surface area (Å²) >= 11 is 0. The first-order valence-corrected chi connectivity index (χ1v) is 3.27. The number of hydrogen-bond donors (Lipinski definition) is 1. The normalized spacial score (nSPS) is 8.55. The lowest BCUT2D eigenvalue weighted by Gasteiger charge is -1.81. The van der Waals surface area contributed by atoms with Crippen molar-refractivity contribution in [2.45, 2.75) is 12.8 Å². The number of aromatic nitrogens is 1. The molecule has 0 aliphatic rings. The first-order valence-electron chi connectivity index (χ1n) is 3.27. The van der Waals surface area contributed by atoms with E-state index in [1.54, 1.807) is 6.20 Å². The average Bonchev–Trinajstić information content (AvgIpc) is 2.38. The average molecular weight is 145 g/mol. The predicted molar refractivity (Wildman–Crippen MR) is 39.4 cm³/mol. The van der Waals surface area contributed by atoms with Crippen molar-refractivity contribution in [2.24, 2.45) is 0 Å². The number of rotatable bonds is 2. The number of aromatic amines is 1. The van der Waals surface area contributed by atoms with Gasteiger partial charge in [0.2, 0.25) is 0 Å². The summed E-state index contributed by atoms with van der Waals surface area (Å²) in [7, 11) is 0. The summed E-state index contributed by atoms with van der Waals surface area (Å²) in [5, 5.41) is 16.7. The molecule has 0 radical (unpaired) electrons. The Hall–Kier alpha value is -1.74. The molecule has 0 aliphatic heterocycles. The molecule has 1 N–H and O–H groups in total. The monoisotopic (exact) mass is 145 g/mol. The quantitative estimate of drug-likeness (QED) is 0.678. The van der Waals surface area contributed by atoms with Crippen molar-refractivity contribution >= 4 is 0 Å². The molecule has 0 atom stereocenters. The molecule has 1 heterocycles. The van der Waals surface area contributed by atoms with Crippen molar-refractivity contribution in [1.82, 2.24) is 4.98 Å². The highest BCUT2D eigenvalue weighted by Crippen LogP contribution is 2.03. The standard InChI is InChI=1S/C8H7N3/c9-3-1-7-5-8(2-4-10)11-6-7/h5-6,11H,1-2H2. The van der Waals surface area contributed by atoms with Crippen LogP contribution in [0.25, 0.3) is 0 Å². The zero-order valence-electron chi connectivity index (χ0n) is 5.96. The van der Waals surface area contributed by atoms with E-state index in [1.165, 1.54) is 0 Å². The maximum Gasteiger partial charge on any atom is 0.0752 e. The maximum atomic E-state index is 8.33. The first-order chi connectivity index (χ1) is 5.36. The van der Waals surface area contributed by atoms with Gasteiger partial charge in [-0.15, -0.1) is 0 Å². The molecule has 0 saturated heterocycles. The van der Waals surface area contributed by atoms with Crippen LogP contribution in [0, 0.1) is 22.7 Å². The summed E-state index contributed by atoms with van der Waals surface area (Å²) in [6, 6.07) is 5.90. The fourth-order valence-electron chi connectivity index (χ4n) is 0.873. The molecule has 1 rings (SSSR count). The Labute approximate surface area is 64.9 Å². The van der Waals surface area contributed by atoms with Gasteiger partial charge in [0, 0.05) is 11.9 Å². The highest BCUT2D eigenvalue weighted by atomic mass is 14.7. The molecule has 0 spiro atoms. The summed E-state index contributed by atoms with van der Waals surface area (Å²) in [5.74, 6) is 0. The molecule has 0 unspecified atom stereocenters. The van der Waals surface area contributed by atoms with Crippen molar-refractivity contribution in [3.63, 3.8) is 0 Å². The second kappa shape index (κ2) is 3.43. The molecular weight excluding hydrogens is 138 g/mol. The topological polar surface area (TPSA) is 63.4 Å². The summed E-state index contributed by atoms with van der Waals surface area (Å²) in [6.07, 6.45) is 2.54. The molecule has 1 aromatic heterocycles. The minimum Gasteiger partial charge on any atom is -0.364 e. The molecule has 0 fully saturated rings. The first kappa shape index (κ1) is 7.37. The Kier molecular flexibility index (Phi) is 2.30. The van der Waals surface area contributed by atoms with Crippen molar-refractivity contribution < 1.29 is 0 Å². The molecule has 0 saturated carbocycles. The Morgan fingerprint density at radius 2 is 2.00 bits per heavy atom. The summed E-state index contributed by atoms with van der Waals surface area (Å²) in [4.78, 5) is 2.92. The van der Waals surface area contributed by atoms with Crippen LogP contribution in [0.3, 0.4) is 0 Å². The smallest absolute Gasteiger partial charge is 0.0752 e. The Bertz CT molecular complexity index is 280. The minimum absolute atomic E-state index is 0.380. The van der Waals surface area contributed by atoms with Gasteiger partial charge in [-0.1, -0.05) is 0 Å². The predicted octanol–water partition coefficient (Wildman–Crippen LogP) is 1.15. The molecule has 54 valence electrons. The molecule has 3 heteroatoms. The van der Waals surface area contributed by atoms with E-state index in [4.69, 9.17) is 10.5 Å². The van der Waals surface area contributed by atoms with E-state index in [0.717, 1.165) is 11.3 Å². The molecule has 0 bridgehead atoms. The fraction of sp³-hybridized carbons (Fsp3) is 0.250. The zero-order chi connectivity index (χ0) is 8.10. The van der Waals surface area contributed by atoms with E-state index in [2.05, 4.69) is 4.98 Å². The molecule has 11 heavy (non-hydrogen) atoms. The van der Waals surface area contributed by atoms with Gasteiger partial charge in [-0.3, -0.25) is 0 Å². The zero-order valence-corrected chi connectivity index (χ0v) is 5.96. The lowest BCUT2D eigenvalue weighted by atomic mass is 10.2. The van der Waals surface area contributed by atoms with Crippen molar-refractivity contribution in [3.8, 4) is 12.1 Å². The summed E-state index contributed by atoms with van der Waals surface area (Å²) < 4.78 is 0. The van der Waals surface area contributed by atoms with Gasteiger partial charge in [-0.2, -0.15) is 10.5 Å². The lowest BCUT2D eigenvalue weighted by Crippen LogP contribution is -1.77. The number of H-pyrrole nitrogens is 1. The van der Waals surface area contributed by atoms with Gasteiger partial charge in [0.05, 0.1) is 25.0 Å². The highest BCUT2D eigenvalue weighted by Gasteiger charge is 1.96.